The molecule has 0 bridgehead atoms. The molecule has 2 amide bonds. The van der Waals surface area contributed by atoms with Crippen LogP contribution in [0.1, 0.15) is 44.2 Å². The smallest absolute Gasteiger partial charge is 0.264 e. The fourth-order valence-corrected chi connectivity index (χ4v) is 6.11. The topological polar surface area (TPSA) is 86.8 Å². The monoisotopic (exact) mass is 617 g/mol. The van der Waals surface area contributed by atoms with Crippen molar-refractivity contribution < 1.29 is 18.0 Å². The molecule has 0 aliphatic heterocycles. The SMILES string of the molecule is CCCCNC(=O)C(CC)N(CCc1ccccc1)C(=O)CN(c1ccc(Cl)c(Cl)c1)S(=O)(=O)c1ccc(C)cc1. The fourth-order valence-electron chi connectivity index (χ4n) is 4.41. The van der Waals surface area contributed by atoms with Crippen molar-refractivity contribution in [1.82, 2.24) is 10.2 Å². The fraction of sp³-hybridized carbons (Fsp3) is 0.355. The highest BCUT2D eigenvalue weighted by Gasteiger charge is 2.33. The van der Waals surface area contributed by atoms with Crippen molar-refractivity contribution >= 4 is 50.7 Å². The summed E-state index contributed by atoms with van der Waals surface area (Å²) < 4.78 is 28.9. The number of hydrogen-bond acceptors (Lipinski definition) is 4. The summed E-state index contributed by atoms with van der Waals surface area (Å²) in [5.41, 5.74) is 2.09. The number of benzene rings is 3. The Hall–Kier alpha value is -3.07. The highest BCUT2D eigenvalue weighted by atomic mass is 35.5. The minimum absolute atomic E-state index is 0.0298. The van der Waals surface area contributed by atoms with Crippen molar-refractivity contribution in [2.45, 2.75) is 57.4 Å². The summed E-state index contributed by atoms with van der Waals surface area (Å²) in [5.74, 6) is -0.759. The number of nitrogens with one attached hydrogen (secondary N) is 1. The summed E-state index contributed by atoms with van der Waals surface area (Å²) in [6.07, 6.45) is 2.61. The van der Waals surface area contributed by atoms with Crippen LogP contribution in [-0.2, 0) is 26.0 Å². The third kappa shape index (κ3) is 8.71. The van der Waals surface area contributed by atoms with Gasteiger partial charge in [-0.25, -0.2) is 8.42 Å². The second-order valence-corrected chi connectivity index (χ2v) is 12.5. The van der Waals surface area contributed by atoms with E-state index >= 15 is 0 Å². The average Bonchev–Trinajstić information content (AvgIpc) is 2.96. The van der Waals surface area contributed by atoms with Crippen molar-refractivity contribution in [1.29, 1.82) is 0 Å². The lowest BCUT2D eigenvalue weighted by Gasteiger charge is -2.33. The first-order valence-electron chi connectivity index (χ1n) is 13.7. The Bertz CT molecular complexity index is 1420. The van der Waals surface area contributed by atoms with E-state index in [9.17, 15) is 18.0 Å². The Labute approximate surface area is 253 Å². The number of halogens is 2. The predicted octanol–water partition coefficient (Wildman–Crippen LogP) is 6.26. The van der Waals surface area contributed by atoms with Gasteiger partial charge in [0.25, 0.3) is 10.0 Å². The zero-order valence-corrected chi connectivity index (χ0v) is 26.0. The van der Waals surface area contributed by atoms with E-state index in [1.807, 2.05) is 51.1 Å². The minimum Gasteiger partial charge on any atom is -0.354 e. The van der Waals surface area contributed by atoms with E-state index in [0.29, 0.717) is 19.4 Å². The molecule has 0 fully saturated rings. The van der Waals surface area contributed by atoms with Gasteiger partial charge in [0.2, 0.25) is 11.8 Å². The second kappa shape index (κ2) is 15.2. The van der Waals surface area contributed by atoms with Crippen LogP contribution < -0.4 is 9.62 Å². The van der Waals surface area contributed by atoms with Crippen LogP contribution in [0, 0.1) is 6.92 Å². The first kappa shape index (κ1) is 32.4. The van der Waals surface area contributed by atoms with E-state index in [2.05, 4.69) is 5.32 Å². The van der Waals surface area contributed by atoms with Gasteiger partial charge in [0.15, 0.2) is 0 Å². The van der Waals surface area contributed by atoms with Crippen LogP contribution in [0.15, 0.2) is 77.7 Å². The van der Waals surface area contributed by atoms with Crippen LogP contribution in [0.3, 0.4) is 0 Å². The molecule has 3 aromatic carbocycles. The van der Waals surface area contributed by atoms with E-state index in [1.165, 1.54) is 35.2 Å². The maximum absolute atomic E-state index is 14.0. The Kier molecular flexibility index (Phi) is 12.1. The Morgan fingerprint density at radius 3 is 2.22 bits per heavy atom. The summed E-state index contributed by atoms with van der Waals surface area (Å²) in [7, 11) is -4.18. The average molecular weight is 619 g/mol. The zero-order valence-electron chi connectivity index (χ0n) is 23.6. The second-order valence-electron chi connectivity index (χ2n) is 9.81. The number of amides is 2. The molecule has 10 heteroatoms. The minimum atomic E-state index is -4.18. The van der Waals surface area contributed by atoms with Gasteiger partial charge in [-0.05, 0) is 62.1 Å². The Balaban J connectivity index is 2.01. The quantitative estimate of drug-likeness (QED) is 0.216. The van der Waals surface area contributed by atoms with Crippen LogP contribution in [0.2, 0.25) is 10.0 Å². The number of anilines is 1. The molecule has 7 nitrogen and oxygen atoms in total. The predicted molar refractivity (Wildman–Crippen MR) is 166 cm³/mol. The number of nitrogens with zero attached hydrogens (tertiary/aromatic N) is 2. The molecule has 220 valence electrons. The molecule has 3 rings (SSSR count). The van der Waals surface area contributed by atoms with Gasteiger partial charge >= 0.3 is 0 Å². The van der Waals surface area contributed by atoms with Gasteiger partial charge in [-0.3, -0.25) is 13.9 Å². The molecule has 0 aliphatic carbocycles. The van der Waals surface area contributed by atoms with E-state index in [4.69, 9.17) is 23.2 Å². The van der Waals surface area contributed by atoms with Crippen LogP contribution >= 0.6 is 23.2 Å². The first-order chi connectivity index (χ1) is 19.6. The van der Waals surface area contributed by atoms with Crippen LogP contribution in [-0.4, -0.2) is 50.8 Å². The van der Waals surface area contributed by atoms with E-state index in [0.717, 1.165) is 28.3 Å². The Morgan fingerprint density at radius 2 is 1.61 bits per heavy atom. The maximum atomic E-state index is 14.0. The molecule has 0 aromatic heterocycles. The summed E-state index contributed by atoms with van der Waals surface area (Å²) in [6, 6.07) is 19.7. The number of carbonyl (C=O) groups is 2. The molecule has 0 saturated carbocycles. The van der Waals surface area contributed by atoms with Crippen LogP contribution in [0.5, 0.6) is 0 Å². The maximum Gasteiger partial charge on any atom is 0.264 e. The molecular formula is C31H37Cl2N3O4S. The molecular weight excluding hydrogens is 581 g/mol. The lowest BCUT2D eigenvalue weighted by molar-refractivity contribution is -0.139. The molecule has 0 radical (unpaired) electrons. The molecule has 1 atom stereocenters. The van der Waals surface area contributed by atoms with Crippen LogP contribution in [0.4, 0.5) is 5.69 Å². The Morgan fingerprint density at radius 1 is 0.927 bits per heavy atom. The highest BCUT2D eigenvalue weighted by molar-refractivity contribution is 7.92. The third-order valence-corrected chi connectivity index (χ3v) is 9.31. The summed E-state index contributed by atoms with van der Waals surface area (Å²) in [4.78, 5) is 28.8. The molecule has 3 aromatic rings. The molecule has 1 N–H and O–H groups in total. The van der Waals surface area contributed by atoms with E-state index in [-0.39, 0.29) is 33.1 Å². The molecule has 41 heavy (non-hydrogen) atoms. The van der Waals surface area contributed by atoms with Gasteiger partial charge in [0.05, 0.1) is 20.6 Å². The largest absolute Gasteiger partial charge is 0.354 e. The number of sulfonamides is 1. The van der Waals surface area contributed by atoms with Gasteiger partial charge in [0, 0.05) is 13.1 Å². The lowest BCUT2D eigenvalue weighted by atomic mass is 10.1. The lowest BCUT2D eigenvalue weighted by Crippen LogP contribution is -2.53. The highest BCUT2D eigenvalue weighted by Crippen LogP contribution is 2.31. The van der Waals surface area contributed by atoms with Crippen molar-refractivity contribution in [2.24, 2.45) is 0 Å². The number of hydrogen-bond donors (Lipinski definition) is 1. The molecule has 0 aliphatic rings. The van der Waals surface area contributed by atoms with Crippen molar-refractivity contribution in [3.63, 3.8) is 0 Å². The molecule has 0 heterocycles. The van der Waals surface area contributed by atoms with Gasteiger partial charge in [0.1, 0.15) is 12.6 Å². The van der Waals surface area contributed by atoms with Crippen molar-refractivity contribution in [3.05, 3.63) is 94.0 Å². The van der Waals surface area contributed by atoms with Gasteiger partial charge in [-0.2, -0.15) is 0 Å². The van der Waals surface area contributed by atoms with Crippen molar-refractivity contribution in [2.75, 3.05) is 23.9 Å². The number of carbonyl (C=O) groups excluding carboxylic acids is 2. The number of rotatable bonds is 14. The van der Waals surface area contributed by atoms with E-state index < -0.39 is 28.5 Å². The standard InChI is InChI=1S/C31H37Cl2N3O4S/c1-4-6-19-34-31(38)29(5-2)35(20-18-24-10-8-7-9-11-24)30(37)22-36(25-14-17-27(32)28(33)21-25)41(39,40)26-15-12-23(3)13-16-26/h7-17,21,29H,4-6,18-20,22H2,1-3H3,(H,34,38). The van der Waals surface area contributed by atoms with E-state index in [1.54, 1.807) is 12.1 Å². The molecule has 0 saturated heterocycles. The zero-order chi connectivity index (χ0) is 30.0. The third-order valence-electron chi connectivity index (χ3n) is 6.78. The summed E-state index contributed by atoms with van der Waals surface area (Å²) in [6.45, 7) is 5.95. The number of unbranched alkanes of at least 4 members (excludes halogenated alkanes) is 1. The van der Waals surface area contributed by atoms with Crippen LogP contribution in [0.25, 0.3) is 0 Å². The summed E-state index contributed by atoms with van der Waals surface area (Å²) >= 11 is 12.4. The van der Waals surface area contributed by atoms with Gasteiger partial charge in [-0.15, -0.1) is 0 Å². The van der Waals surface area contributed by atoms with Crippen molar-refractivity contribution in [3.8, 4) is 0 Å². The summed E-state index contributed by atoms with van der Waals surface area (Å²) in [5, 5.41) is 3.35. The normalized spacial score (nSPS) is 12.0. The molecule has 0 spiro atoms. The first-order valence-corrected chi connectivity index (χ1v) is 15.9. The van der Waals surface area contributed by atoms with Gasteiger partial charge in [-0.1, -0.05) is 91.5 Å². The van der Waals surface area contributed by atoms with Gasteiger partial charge < -0.3 is 10.2 Å². The molecule has 1 unspecified atom stereocenters. The number of aryl methyl sites for hydroxylation is 1.